The Morgan fingerprint density at radius 2 is 1.52 bits per heavy atom. The van der Waals surface area contributed by atoms with Crippen LogP contribution in [-0.2, 0) is 10.1 Å². The minimum absolute atomic E-state index is 0.765. The molecule has 2 rings (SSSR count). The second-order valence-electron chi connectivity index (χ2n) is 5.32. The van der Waals surface area contributed by atoms with Crippen LogP contribution in [0.5, 0.6) is 5.75 Å². The molecule has 0 aliphatic carbocycles. The molecule has 2 aromatic carbocycles. The summed E-state index contributed by atoms with van der Waals surface area (Å²) >= 11 is 0. The maximum Gasteiger partial charge on any atom is 0.522 e. The molecule has 10 heteroatoms. The van der Waals surface area contributed by atoms with Crippen LogP contribution < -0.4 is 15.6 Å². The van der Waals surface area contributed by atoms with E-state index in [1.54, 1.807) is 5.01 Å². The lowest BCUT2D eigenvalue weighted by Crippen LogP contribution is -2.24. The summed E-state index contributed by atoms with van der Waals surface area (Å²) in [6.07, 6.45) is 2.22. The molecule has 0 amide bonds. The molecule has 0 heterocycles. The van der Waals surface area contributed by atoms with Gasteiger partial charge in [0.25, 0.3) is 0 Å². The van der Waals surface area contributed by atoms with E-state index in [4.69, 9.17) is 23.6 Å². The molecule has 0 aromatic heterocycles. The number of alkyl halides is 3. The van der Waals surface area contributed by atoms with Gasteiger partial charge in [0.05, 0.1) is 18.0 Å². The maximum absolute atomic E-state index is 10.7. The SMILES string of the molecule is CCCCOc1ccc(N(N)c2ccccc2)cc1.O=S(=O)(O)C(F)(F)F. The summed E-state index contributed by atoms with van der Waals surface area (Å²) in [5.41, 5.74) is -3.64. The van der Waals surface area contributed by atoms with Gasteiger partial charge in [0, 0.05) is 0 Å². The average Bonchev–Trinajstić information content (AvgIpc) is 2.61. The van der Waals surface area contributed by atoms with Crippen molar-refractivity contribution in [3.8, 4) is 5.75 Å². The number of rotatable bonds is 6. The number of nitrogens with two attached hydrogens (primary N) is 1. The fraction of sp³-hybridized carbons (Fsp3) is 0.294. The van der Waals surface area contributed by atoms with E-state index in [1.807, 2.05) is 54.6 Å². The number of benzene rings is 2. The third-order valence-corrected chi connectivity index (χ3v) is 3.79. The molecule has 27 heavy (non-hydrogen) atoms. The highest BCUT2D eigenvalue weighted by Gasteiger charge is 2.44. The second kappa shape index (κ2) is 10.1. The molecule has 0 saturated heterocycles. The number of hydrazine groups is 1. The van der Waals surface area contributed by atoms with Crippen molar-refractivity contribution in [3.63, 3.8) is 0 Å². The normalized spacial score (nSPS) is 11.3. The van der Waals surface area contributed by atoms with E-state index in [1.165, 1.54) is 0 Å². The van der Waals surface area contributed by atoms with Crippen LogP contribution in [0, 0.1) is 0 Å². The summed E-state index contributed by atoms with van der Waals surface area (Å²) in [5.74, 6) is 6.97. The lowest BCUT2D eigenvalue weighted by molar-refractivity contribution is -0.0510. The van der Waals surface area contributed by atoms with Gasteiger partial charge in [0.1, 0.15) is 5.75 Å². The van der Waals surface area contributed by atoms with E-state index in [0.717, 1.165) is 36.6 Å². The van der Waals surface area contributed by atoms with E-state index >= 15 is 0 Å². The number of para-hydroxylation sites is 1. The van der Waals surface area contributed by atoms with Gasteiger partial charge in [-0.25, -0.2) is 5.84 Å². The minimum atomic E-state index is -5.84. The standard InChI is InChI=1S/C16H20N2O.CHF3O3S/c1-2-3-13-19-16-11-9-15(10-12-16)18(17)14-7-5-4-6-8-14;2-1(3,4)8(5,6)7/h4-12H,2-3,13,17H2,1H3;(H,5,6,7). The smallest absolute Gasteiger partial charge is 0.494 e. The molecule has 0 atom stereocenters. The first kappa shape index (κ1) is 22.7. The van der Waals surface area contributed by atoms with Crippen molar-refractivity contribution in [2.24, 2.45) is 5.84 Å². The van der Waals surface area contributed by atoms with Crippen LogP contribution in [0.25, 0.3) is 0 Å². The van der Waals surface area contributed by atoms with E-state index in [9.17, 15) is 13.2 Å². The predicted molar refractivity (Wildman–Crippen MR) is 97.2 cm³/mol. The molecule has 0 aliphatic heterocycles. The summed E-state index contributed by atoms with van der Waals surface area (Å²) in [7, 11) is -5.84. The van der Waals surface area contributed by atoms with Gasteiger partial charge in [0.15, 0.2) is 0 Å². The van der Waals surface area contributed by atoms with Gasteiger partial charge >= 0.3 is 15.6 Å². The van der Waals surface area contributed by atoms with Crippen molar-refractivity contribution < 1.29 is 30.9 Å². The summed E-state index contributed by atoms with van der Waals surface area (Å²) in [6.45, 7) is 2.92. The molecule has 150 valence electrons. The van der Waals surface area contributed by atoms with Crippen LogP contribution in [0.1, 0.15) is 19.8 Å². The van der Waals surface area contributed by atoms with Crippen molar-refractivity contribution in [1.29, 1.82) is 0 Å². The number of unbranched alkanes of at least 4 members (excludes halogenated alkanes) is 1. The monoisotopic (exact) mass is 406 g/mol. The number of hydrogen-bond donors (Lipinski definition) is 2. The number of anilines is 2. The van der Waals surface area contributed by atoms with Crippen LogP contribution in [0.3, 0.4) is 0 Å². The summed E-state index contributed by atoms with van der Waals surface area (Å²) < 4.78 is 63.2. The van der Waals surface area contributed by atoms with Crippen molar-refractivity contribution in [2.75, 3.05) is 11.6 Å². The summed E-state index contributed by atoms with van der Waals surface area (Å²) in [6, 6.07) is 17.7. The van der Waals surface area contributed by atoms with Crippen LogP contribution >= 0.6 is 0 Å². The molecule has 6 nitrogen and oxygen atoms in total. The highest BCUT2D eigenvalue weighted by molar-refractivity contribution is 7.86. The van der Waals surface area contributed by atoms with Crippen LogP contribution in [0.15, 0.2) is 54.6 Å². The summed E-state index contributed by atoms with van der Waals surface area (Å²) in [4.78, 5) is 0. The van der Waals surface area contributed by atoms with Crippen molar-refractivity contribution in [1.82, 2.24) is 0 Å². The third kappa shape index (κ3) is 7.85. The summed E-state index contributed by atoms with van der Waals surface area (Å²) in [5, 5.41) is 1.66. The van der Waals surface area contributed by atoms with Gasteiger partial charge in [-0.05, 0) is 42.8 Å². The molecule has 0 radical (unpaired) electrons. The molecule has 0 saturated carbocycles. The highest BCUT2D eigenvalue weighted by atomic mass is 32.2. The Morgan fingerprint density at radius 1 is 1.04 bits per heavy atom. The molecule has 0 unspecified atom stereocenters. The Hall–Kier alpha value is -2.30. The first-order valence-corrected chi connectivity index (χ1v) is 9.36. The van der Waals surface area contributed by atoms with E-state index < -0.39 is 15.6 Å². The largest absolute Gasteiger partial charge is 0.522 e. The predicted octanol–water partition coefficient (Wildman–Crippen LogP) is 4.27. The Balaban J connectivity index is 0.000000387. The van der Waals surface area contributed by atoms with E-state index in [2.05, 4.69) is 6.92 Å². The van der Waals surface area contributed by atoms with E-state index in [0.29, 0.717) is 0 Å². The van der Waals surface area contributed by atoms with Crippen LogP contribution in [0.2, 0.25) is 0 Å². The van der Waals surface area contributed by atoms with Crippen molar-refractivity contribution in [3.05, 3.63) is 54.6 Å². The molecule has 0 aliphatic rings. The molecule has 0 bridgehead atoms. The first-order chi connectivity index (χ1) is 12.6. The fourth-order valence-electron chi connectivity index (χ4n) is 1.77. The molecule has 0 spiro atoms. The highest BCUT2D eigenvalue weighted by Crippen LogP contribution is 2.24. The molecule has 2 aromatic rings. The van der Waals surface area contributed by atoms with Gasteiger partial charge in [-0.1, -0.05) is 31.5 Å². The number of hydrogen-bond acceptors (Lipinski definition) is 5. The van der Waals surface area contributed by atoms with Crippen molar-refractivity contribution in [2.45, 2.75) is 25.3 Å². The molecular weight excluding hydrogens is 385 g/mol. The zero-order valence-corrected chi connectivity index (χ0v) is 15.4. The van der Waals surface area contributed by atoms with Gasteiger partial charge < -0.3 is 4.74 Å². The van der Waals surface area contributed by atoms with Gasteiger partial charge in [-0.2, -0.15) is 21.6 Å². The number of halogens is 3. The minimum Gasteiger partial charge on any atom is -0.494 e. The first-order valence-electron chi connectivity index (χ1n) is 7.92. The Bertz CT molecular complexity index is 782. The van der Waals surface area contributed by atoms with Gasteiger partial charge in [-0.15, -0.1) is 0 Å². The fourth-order valence-corrected chi connectivity index (χ4v) is 1.77. The average molecular weight is 406 g/mol. The van der Waals surface area contributed by atoms with E-state index in [-0.39, 0.29) is 0 Å². The van der Waals surface area contributed by atoms with Gasteiger partial charge in [0.2, 0.25) is 0 Å². The number of ether oxygens (including phenoxy) is 1. The van der Waals surface area contributed by atoms with Crippen LogP contribution in [-0.4, -0.2) is 25.1 Å². The van der Waals surface area contributed by atoms with Gasteiger partial charge in [-0.3, -0.25) is 9.56 Å². The molecular formula is C17H21F3N2O4S. The lowest BCUT2D eigenvalue weighted by Gasteiger charge is -2.19. The Kier molecular flexibility index (Phi) is 8.54. The third-order valence-electron chi connectivity index (χ3n) is 3.21. The zero-order valence-electron chi connectivity index (χ0n) is 14.6. The molecule has 0 fully saturated rings. The second-order valence-corrected chi connectivity index (χ2v) is 6.74. The Labute approximate surface area is 156 Å². The Morgan fingerprint density at radius 3 is 1.96 bits per heavy atom. The van der Waals surface area contributed by atoms with Crippen molar-refractivity contribution >= 4 is 21.5 Å². The topological polar surface area (TPSA) is 92.9 Å². The zero-order chi connectivity index (χ0) is 20.5. The maximum atomic E-state index is 10.7. The van der Waals surface area contributed by atoms with Crippen LogP contribution in [0.4, 0.5) is 24.5 Å². The molecule has 3 N–H and O–H groups in total. The lowest BCUT2D eigenvalue weighted by atomic mass is 10.2. The number of nitrogens with zero attached hydrogens (tertiary/aromatic N) is 1. The quantitative estimate of drug-likeness (QED) is 0.245.